The van der Waals surface area contributed by atoms with E-state index >= 15 is 9.59 Å². The molecule has 3 fully saturated rings. The second-order valence-corrected chi connectivity index (χ2v) is 21.8. The first kappa shape index (κ1) is 47.7. The number of hydrogen-bond acceptors (Lipinski definition) is 9. The highest BCUT2D eigenvalue weighted by molar-refractivity contribution is 6.00. The van der Waals surface area contributed by atoms with E-state index in [4.69, 9.17) is 11.5 Å². The highest BCUT2D eigenvalue weighted by Crippen LogP contribution is 2.57. The number of rotatable bonds is 11. The largest absolute Gasteiger partial charge is 0.465 e. The van der Waals surface area contributed by atoms with Crippen LogP contribution in [0, 0.1) is 5.92 Å². The van der Waals surface area contributed by atoms with Crippen molar-refractivity contribution in [2.45, 2.75) is 157 Å². The van der Waals surface area contributed by atoms with E-state index in [1.165, 1.54) is 0 Å². The van der Waals surface area contributed by atoms with Gasteiger partial charge in [-0.15, -0.1) is 0 Å². The number of nitrogens with one attached hydrogen (secondary N) is 2. The minimum absolute atomic E-state index is 0.0768. The predicted molar refractivity (Wildman–Crippen MR) is 253 cm³/mol. The van der Waals surface area contributed by atoms with Crippen molar-refractivity contribution < 1.29 is 39.0 Å². The molecule has 7 unspecified atom stereocenters. The topological polar surface area (TPSA) is 229 Å². The molecule has 10 rings (SSSR count). The third-order valence-electron chi connectivity index (χ3n) is 17.3. The van der Waals surface area contributed by atoms with Crippen molar-refractivity contribution in [3.8, 4) is 0 Å². The Hall–Kier alpha value is -5.80. The highest BCUT2D eigenvalue weighted by Gasteiger charge is 2.68. The van der Waals surface area contributed by atoms with Gasteiger partial charge >= 0.3 is 12.2 Å². The van der Waals surface area contributed by atoms with Gasteiger partial charge in [-0.1, -0.05) is 102 Å². The molecule has 3 heterocycles. The summed E-state index contributed by atoms with van der Waals surface area (Å²) >= 11 is 0. The van der Waals surface area contributed by atoms with E-state index in [0.29, 0.717) is 56.3 Å². The van der Waals surface area contributed by atoms with Gasteiger partial charge in [0.1, 0.15) is 11.1 Å². The van der Waals surface area contributed by atoms with Crippen LogP contribution < -0.4 is 27.0 Å². The molecule has 6 amide bonds. The van der Waals surface area contributed by atoms with Gasteiger partial charge in [-0.25, -0.2) is 9.59 Å². The van der Waals surface area contributed by atoms with Crippen LogP contribution in [0.1, 0.15) is 121 Å². The molecular formula is C52H67N7O8. The minimum atomic E-state index is -1.58. The van der Waals surface area contributed by atoms with E-state index in [1.54, 1.807) is 0 Å². The maximum absolute atomic E-state index is 15.2. The van der Waals surface area contributed by atoms with Crippen LogP contribution in [-0.2, 0) is 48.3 Å². The number of amides is 6. The summed E-state index contributed by atoms with van der Waals surface area (Å²) in [7, 11) is 0. The molecule has 7 aliphatic rings. The van der Waals surface area contributed by atoms with Crippen molar-refractivity contribution in [2.24, 2.45) is 17.4 Å². The molecule has 3 aliphatic heterocycles. The molecule has 3 aromatic rings. The van der Waals surface area contributed by atoms with E-state index in [2.05, 4.69) is 84.2 Å². The normalized spacial score (nSPS) is 32.7. The second kappa shape index (κ2) is 16.8. The molecule has 4 aliphatic carbocycles. The fourth-order valence-electron chi connectivity index (χ4n) is 14.0. The summed E-state index contributed by atoms with van der Waals surface area (Å²) in [4.78, 5) is 88.7. The lowest BCUT2D eigenvalue weighted by Crippen LogP contribution is -2.75. The Balaban J connectivity index is 1.33. The van der Waals surface area contributed by atoms with Gasteiger partial charge in [0, 0.05) is 60.3 Å². The molecule has 15 nitrogen and oxygen atoms in total. The molecule has 15 heteroatoms. The maximum Gasteiger partial charge on any atom is 0.411 e. The standard InChI is InChI=1S/C52H67N7O8/c1-31-26-39(38-10-8-24-57(38)51(43(62)55-45(64)65)27-32-12-16-35(17-13-32)48(51,5)29-41(53)60)59(37-22-20-34(21-23-37)47(2,3)4)50(31,7)40-11-9-25-58(40)52(44(63)56-46(66)67)28-33-14-18-36(19-15-33)49(52,6)30-42(54)61/h12-23,31,38-40H,8-11,24-30H2,1-7H3,(H2,53,60)(H2,54,61)(H,55,62)(H,56,63)(H,64,65)(H,66,67)/t31?,38?,39?,40?,48?,49?,50?,51-,52-/m1/s1. The van der Waals surface area contributed by atoms with Gasteiger partial charge in [-0.2, -0.15) is 0 Å². The molecule has 67 heavy (non-hydrogen) atoms. The van der Waals surface area contributed by atoms with Crippen molar-refractivity contribution in [1.82, 2.24) is 20.4 Å². The van der Waals surface area contributed by atoms with E-state index in [9.17, 15) is 29.4 Å². The zero-order valence-corrected chi connectivity index (χ0v) is 39.9. The molecule has 0 spiro atoms. The van der Waals surface area contributed by atoms with E-state index < -0.39 is 63.3 Å². The van der Waals surface area contributed by atoms with E-state index in [-0.39, 0.29) is 55.1 Å². The van der Waals surface area contributed by atoms with Crippen LogP contribution in [0.4, 0.5) is 15.3 Å². The lowest BCUT2D eigenvalue weighted by atomic mass is 9.61. The third-order valence-corrected chi connectivity index (χ3v) is 17.3. The van der Waals surface area contributed by atoms with Crippen LogP contribution in [0.3, 0.4) is 0 Å². The number of anilines is 1. The summed E-state index contributed by atoms with van der Waals surface area (Å²) in [6, 6.07) is 23.0. The monoisotopic (exact) mass is 918 g/mol. The van der Waals surface area contributed by atoms with Crippen LogP contribution in [0.15, 0.2) is 72.8 Å². The molecule has 0 aromatic heterocycles. The first-order valence-electron chi connectivity index (χ1n) is 23.7. The first-order valence-corrected chi connectivity index (χ1v) is 23.7. The van der Waals surface area contributed by atoms with E-state index in [1.807, 2.05) is 62.4 Å². The van der Waals surface area contributed by atoms with Crippen molar-refractivity contribution in [2.75, 3.05) is 18.0 Å². The van der Waals surface area contributed by atoms with Crippen LogP contribution in [-0.4, -0.2) is 104 Å². The number of nitrogens with zero attached hydrogens (tertiary/aromatic N) is 3. The van der Waals surface area contributed by atoms with Gasteiger partial charge in [0.15, 0.2) is 0 Å². The van der Waals surface area contributed by atoms with Crippen molar-refractivity contribution in [3.05, 3.63) is 101 Å². The Bertz CT molecular complexity index is 2470. The Morgan fingerprint density at radius 3 is 1.55 bits per heavy atom. The number of fused-ring (bicyclic) bond motifs is 8. The number of carbonyl (C=O) groups excluding carboxylic acids is 4. The summed E-state index contributed by atoms with van der Waals surface area (Å²) in [6.45, 7) is 15.5. The zero-order valence-electron chi connectivity index (χ0n) is 39.9. The van der Waals surface area contributed by atoms with Gasteiger partial charge in [-0.05, 0) is 103 Å². The molecule has 9 atom stereocenters. The number of imide groups is 2. The summed E-state index contributed by atoms with van der Waals surface area (Å²) in [5.41, 5.74) is 10.7. The maximum atomic E-state index is 15.2. The average molecular weight is 918 g/mol. The summed E-state index contributed by atoms with van der Waals surface area (Å²) < 4.78 is 0. The Morgan fingerprint density at radius 1 is 0.657 bits per heavy atom. The molecule has 0 saturated carbocycles. The molecule has 358 valence electrons. The number of carboxylic acid groups (broad SMARTS) is 2. The lowest BCUT2D eigenvalue weighted by Gasteiger charge is -2.58. The van der Waals surface area contributed by atoms with Gasteiger partial charge in [0.25, 0.3) is 11.8 Å². The van der Waals surface area contributed by atoms with Gasteiger partial charge < -0.3 is 26.6 Å². The minimum Gasteiger partial charge on any atom is -0.465 e. The van der Waals surface area contributed by atoms with Crippen LogP contribution >= 0.6 is 0 Å². The summed E-state index contributed by atoms with van der Waals surface area (Å²) in [5, 5.41) is 25.0. The number of nitrogens with two attached hydrogens (primary N) is 2. The van der Waals surface area contributed by atoms with Gasteiger partial charge in [-0.3, -0.25) is 39.6 Å². The smallest absolute Gasteiger partial charge is 0.411 e. The van der Waals surface area contributed by atoms with Crippen LogP contribution in [0.5, 0.6) is 0 Å². The number of primary amides is 2. The van der Waals surface area contributed by atoms with Crippen LogP contribution in [0.25, 0.3) is 0 Å². The van der Waals surface area contributed by atoms with Gasteiger partial charge in [0.2, 0.25) is 11.8 Å². The number of benzene rings is 3. The number of hydrogen-bond donors (Lipinski definition) is 6. The highest BCUT2D eigenvalue weighted by atomic mass is 16.4. The van der Waals surface area contributed by atoms with Crippen molar-refractivity contribution in [1.29, 1.82) is 0 Å². The molecule has 3 saturated heterocycles. The summed E-state index contributed by atoms with van der Waals surface area (Å²) in [5.74, 6) is -2.73. The Morgan fingerprint density at radius 2 is 1.10 bits per heavy atom. The average Bonchev–Trinajstić information content (AvgIpc) is 3.93. The Labute approximate surface area is 393 Å². The summed E-state index contributed by atoms with van der Waals surface area (Å²) in [6.07, 6.45) is 0.197. The molecule has 3 aromatic carbocycles. The Kier molecular flexibility index (Phi) is 11.9. The first-order chi connectivity index (χ1) is 31.4. The fraction of sp³-hybridized carbons (Fsp3) is 0.538. The zero-order chi connectivity index (χ0) is 48.6. The molecular weight excluding hydrogens is 851 g/mol. The van der Waals surface area contributed by atoms with E-state index in [0.717, 1.165) is 22.4 Å². The third kappa shape index (κ3) is 7.38. The predicted octanol–water partition coefficient (Wildman–Crippen LogP) is 5.73. The van der Waals surface area contributed by atoms with Crippen LogP contribution in [0.2, 0.25) is 0 Å². The van der Waals surface area contributed by atoms with Crippen molar-refractivity contribution in [3.63, 3.8) is 0 Å². The number of carbonyl (C=O) groups is 6. The SMILES string of the molecule is CC1CC(C2CCCN2[C@@]2(C(=O)NC(=O)O)Cc3ccc(cc3)C2(C)CC(N)=O)N(c2ccc(C(C)(C)C)cc2)C1(C)C1CCCN1[C@@]1(C(=O)NC(=O)O)Cc2ccc(cc2)C1(C)CC(N)=O. The molecule has 8 N–H and O–H groups in total. The fourth-order valence-corrected chi connectivity index (χ4v) is 14.0. The second-order valence-electron chi connectivity index (χ2n) is 21.8. The molecule has 4 bridgehead atoms. The van der Waals surface area contributed by atoms with Crippen molar-refractivity contribution >= 4 is 41.5 Å². The number of likely N-dealkylation sites (tertiary alicyclic amines) is 2. The lowest BCUT2D eigenvalue weighted by molar-refractivity contribution is -0.143. The van der Waals surface area contributed by atoms with Gasteiger partial charge in [0.05, 0.1) is 5.54 Å². The quantitative estimate of drug-likeness (QED) is 0.136. The molecule has 0 radical (unpaired) electrons.